The van der Waals surface area contributed by atoms with E-state index in [9.17, 15) is 4.79 Å². The molecule has 0 atom stereocenters. The third-order valence-corrected chi connectivity index (χ3v) is 5.03. The lowest BCUT2D eigenvalue weighted by Gasteiger charge is -2.29. The summed E-state index contributed by atoms with van der Waals surface area (Å²) in [6, 6.07) is 10.1. The van der Waals surface area contributed by atoms with Gasteiger partial charge < -0.3 is 4.90 Å². The number of aryl methyl sites for hydroxylation is 1. The molecular weight excluding hydrogens is 326 g/mol. The average molecular weight is 345 g/mol. The molecule has 0 unspecified atom stereocenters. The van der Waals surface area contributed by atoms with Crippen LogP contribution < -0.4 is 0 Å². The number of carbonyl (C=O) groups excluding carboxylic acids is 1. The molecule has 6 nitrogen and oxygen atoms in total. The van der Waals surface area contributed by atoms with Gasteiger partial charge in [0.15, 0.2) is 0 Å². The Morgan fingerprint density at radius 3 is 2.85 bits per heavy atom. The molecule has 4 rings (SSSR count). The van der Waals surface area contributed by atoms with Crippen LogP contribution in [0.1, 0.15) is 28.8 Å². The smallest absolute Gasteiger partial charge is 0.254 e. The van der Waals surface area contributed by atoms with Crippen LogP contribution in [0.4, 0.5) is 0 Å². The topological polar surface area (TPSA) is 85.7 Å². The molecule has 26 heavy (non-hydrogen) atoms. The first-order valence-corrected chi connectivity index (χ1v) is 8.76. The van der Waals surface area contributed by atoms with E-state index in [2.05, 4.69) is 16.3 Å². The standard InChI is InChI=1S/C20H19N5O/c1-13-3-2-4-16-17(20(26)25-7-5-14(10-21)6-8-25)9-18(24-19(13)16)15-11-22-23-12-15/h2-4,9,11-12,14H,5-8H2,1H3,(H,22,23). The Hall–Kier alpha value is -3.20. The van der Waals surface area contributed by atoms with Crippen LogP contribution in [-0.2, 0) is 0 Å². The summed E-state index contributed by atoms with van der Waals surface area (Å²) >= 11 is 0. The number of hydrogen-bond acceptors (Lipinski definition) is 4. The van der Waals surface area contributed by atoms with Gasteiger partial charge in [-0.15, -0.1) is 0 Å². The number of nitrogens with one attached hydrogen (secondary N) is 1. The second kappa shape index (κ2) is 6.60. The summed E-state index contributed by atoms with van der Waals surface area (Å²) in [4.78, 5) is 19.8. The summed E-state index contributed by atoms with van der Waals surface area (Å²) in [6.07, 6.45) is 4.95. The van der Waals surface area contributed by atoms with Crippen LogP contribution in [0, 0.1) is 24.2 Å². The number of fused-ring (bicyclic) bond motifs is 1. The molecule has 1 fully saturated rings. The van der Waals surface area contributed by atoms with Crippen molar-refractivity contribution >= 4 is 16.8 Å². The summed E-state index contributed by atoms with van der Waals surface area (Å²) in [5, 5.41) is 16.7. The Balaban J connectivity index is 1.80. The van der Waals surface area contributed by atoms with E-state index in [-0.39, 0.29) is 11.8 Å². The number of hydrogen-bond donors (Lipinski definition) is 1. The van der Waals surface area contributed by atoms with Crippen LogP contribution in [0.15, 0.2) is 36.7 Å². The average Bonchev–Trinajstić information content (AvgIpc) is 3.22. The van der Waals surface area contributed by atoms with Gasteiger partial charge in [0.25, 0.3) is 5.91 Å². The SMILES string of the molecule is Cc1cccc2c(C(=O)N3CCC(C#N)CC3)cc(-c3cn[nH]c3)nc12. The molecule has 2 aromatic heterocycles. The van der Waals surface area contributed by atoms with Crippen molar-refractivity contribution in [3.05, 3.63) is 47.8 Å². The molecule has 1 amide bonds. The van der Waals surface area contributed by atoms with E-state index in [1.54, 1.807) is 12.4 Å². The zero-order valence-corrected chi connectivity index (χ0v) is 14.6. The van der Waals surface area contributed by atoms with Crippen LogP contribution in [0.2, 0.25) is 0 Å². The first kappa shape index (κ1) is 16.3. The number of amides is 1. The van der Waals surface area contributed by atoms with Crippen molar-refractivity contribution in [1.82, 2.24) is 20.1 Å². The fraction of sp³-hybridized carbons (Fsp3) is 0.300. The number of pyridine rings is 1. The number of rotatable bonds is 2. The number of nitriles is 1. The molecule has 1 aromatic carbocycles. The normalized spacial score (nSPS) is 15.2. The minimum absolute atomic E-state index is 0.00383. The molecular formula is C20H19N5O. The van der Waals surface area contributed by atoms with Gasteiger partial charge in [0, 0.05) is 36.2 Å². The quantitative estimate of drug-likeness (QED) is 0.772. The Morgan fingerprint density at radius 2 is 2.15 bits per heavy atom. The highest BCUT2D eigenvalue weighted by molar-refractivity contribution is 6.07. The van der Waals surface area contributed by atoms with Crippen molar-refractivity contribution in [1.29, 1.82) is 5.26 Å². The zero-order valence-electron chi connectivity index (χ0n) is 14.6. The van der Waals surface area contributed by atoms with Crippen molar-refractivity contribution in [3.8, 4) is 17.3 Å². The Labute approximate surface area is 151 Å². The molecule has 1 aliphatic heterocycles. The van der Waals surface area contributed by atoms with Gasteiger partial charge in [-0.05, 0) is 31.4 Å². The van der Waals surface area contributed by atoms with E-state index in [0.29, 0.717) is 18.7 Å². The number of aromatic amines is 1. The summed E-state index contributed by atoms with van der Waals surface area (Å²) in [5.41, 5.74) is 4.11. The number of likely N-dealkylation sites (tertiary alicyclic amines) is 1. The third kappa shape index (κ3) is 2.82. The van der Waals surface area contributed by atoms with Gasteiger partial charge in [-0.3, -0.25) is 9.89 Å². The maximum atomic E-state index is 13.2. The van der Waals surface area contributed by atoms with Gasteiger partial charge in [-0.25, -0.2) is 4.98 Å². The first-order chi connectivity index (χ1) is 12.7. The molecule has 0 saturated carbocycles. The minimum Gasteiger partial charge on any atom is -0.339 e. The predicted octanol–water partition coefficient (Wildman–Crippen LogP) is 3.31. The van der Waals surface area contributed by atoms with E-state index < -0.39 is 0 Å². The largest absolute Gasteiger partial charge is 0.339 e. The molecule has 0 aliphatic carbocycles. The van der Waals surface area contributed by atoms with E-state index in [1.165, 1.54) is 0 Å². The Morgan fingerprint density at radius 1 is 1.35 bits per heavy atom. The molecule has 6 heteroatoms. The third-order valence-electron chi connectivity index (χ3n) is 5.03. The van der Waals surface area contributed by atoms with Crippen LogP contribution in [0.3, 0.4) is 0 Å². The maximum Gasteiger partial charge on any atom is 0.254 e. The predicted molar refractivity (Wildman–Crippen MR) is 98.3 cm³/mol. The highest BCUT2D eigenvalue weighted by Crippen LogP contribution is 2.28. The van der Waals surface area contributed by atoms with Gasteiger partial charge >= 0.3 is 0 Å². The monoisotopic (exact) mass is 345 g/mol. The minimum atomic E-state index is 0.00383. The van der Waals surface area contributed by atoms with Crippen molar-refractivity contribution in [2.24, 2.45) is 5.92 Å². The summed E-state index contributed by atoms with van der Waals surface area (Å²) in [5.74, 6) is 0.0566. The second-order valence-corrected chi connectivity index (χ2v) is 6.71. The van der Waals surface area contributed by atoms with E-state index in [1.807, 2.05) is 36.1 Å². The lowest BCUT2D eigenvalue weighted by Crippen LogP contribution is -2.38. The van der Waals surface area contributed by atoms with Gasteiger partial charge in [-0.2, -0.15) is 10.4 Å². The molecule has 0 bridgehead atoms. The molecule has 3 aromatic rings. The molecule has 1 N–H and O–H groups in total. The molecule has 1 aliphatic rings. The van der Waals surface area contributed by atoms with Crippen LogP contribution >= 0.6 is 0 Å². The second-order valence-electron chi connectivity index (χ2n) is 6.71. The van der Waals surface area contributed by atoms with E-state index in [0.717, 1.165) is 40.6 Å². The number of carbonyl (C=O) groups is 1. The number of H-pyrrole nitrogens is 1. The van der Waals surface area contributed by atoms with Crippen molar-refractivity contribution in [2.75, 3.05) is 13.1 Å². The molecule has 3 heterocycles. The number of aromatic nitrogens is 3. The number of piperidine rings is 1. The first-order valence-electron chi connectivity index (χ1n) is 8.76. The number of para-hydroxylation sites is 1. The number of benzene rings is 1. The van der Waals surface area contributed by atoms with Gasteiger partial charge in [-0.1, -0.05) is 18.2 Å². The van der Waals surface area contributed by atoms with Crippen molar-refractivity contribution in [3.63, 3.8) is 0 Å². The summed E-state index contributed by atoms with van der Waals surface area (Å²) in [7, 11) is 0. The molecule has 130 valence electrons. The van der Waals surface area contributed by atoms with Crippen LogP contribution in [0.5, 0.6) is 0 Å². The number of nitrogens with zero attached hydrogens (tertiary/aromatic N) is 4. The lowest BCUT2D eigenvalue weighted by atomic mass is 9.97. The summed E-state index contributed by atoms with van der Waals surface area (Å²) in [6.45, 7) is 3.24. The van der Waals surface area contributed by atoms with E-state index >= 15 is 0 Å². The van der Waals surface area contributed by atoms with Crippen molar-refractivity contribution < 1.29 is 4.79 Å². The maximum absolute atomic E-state index is 13.2. The van der Waals surface area contributed by atoms with Crippen LogP contribution in [0.25, 0.3) is 22.2 Å². The molecule has 0 radical (unpaired) electrons. The summed E-state index contributed by atoms with van der Waals surface area (Å²) < 4.78 is 0. The zero-order chi connectivity index (χ0) is 18.1. The molecule has 0 spiro atoms. The Bertz CT molecular complexity index is 995. The van der Waals surface area contributed by atoms with Crippen molar-refractivity contribution in [2.45, 2.75) is 19.8 Å². The van der Waals surface area contributed by atoms with Gasteiger partial charge in [0.2, 0.25) is 0 Å². The highest BCUT2D eigenvalue weighted by Gasteiger charge is 2.25. The fourth-order valence-corrected chi connectivity index (χ4v) is 3.49. The van der Waals surface area contributed by atoms with Crippen LogP contribution in [-0.4, -0.2) is 39.1 Å². The fourth-order valence-electron chi connectivity index (χ4n) is 3.49. The van der Waals surface area contributed by atoms with Gasteiger partial charge in [0.05, 0.1) is 29.0 Å². The van der Waals surface area contributed by atoms with Gasteiger partial charge in [0.1, 0.15) is 0 Å². The Kier molecular flexibility index (Phi) is 4.13. The molecule has 1 saturated heterocycles. The van der Waals surface area contributed by atoms with E-state index in [4.69, 9.17) is 10.2 Å². The highest BCUT2D eigenvalue weighted by atomic mass is 16.2. The lowest BCUT2D eigenvalue weighted by molar-refractivity contribution is 0.0709.